The van der Waals surface area contributed by atoms with Crippen LogP contribution in [0.5, 0.6) is 0 Å². The van der Waals surface area contributed by atoms with Crippen LogP contribution in [-0.4, -0.2) is 75.0 Å². The van der Waals surface area contributed by atoms with Gasteiger partial charge in [-0.25, -0.2) is 0 Å². The van der Waals surface area contributed by atoms with Crippen LogP contribution >= 0.6 is 0 Å². The Bertz CT molecular complexity index is 91.8. The molecule has 3 radical (unpaired) electrons. The monoisotopic (exact) mass is 261 g/mol. The number of rotatable bonds is 2. The molecule has 0 heterocycles. The van der Waals surface area contributed by atoms with Crippen LogP contribution in [0, 0.1) is 0 Å². The van der Waals surface area contributed by atoms with Crippen molar-refractivity contribution in [3.63, 3.8) is 0 Å². The Morgan fingerprint density at radius 2 is 1.08 bits per heavy atom. The van der Waals surface area contributed by atoms with Gasteiger partial charge in [-0.1, -0.05) is 0 Å². The van der Waals surface area contributed by atoms with Gasteiger partial charge >= 0.3 is 35.7 Å². The summed E-state index contributed by atoms with van der Waals surface area (Å²) in [7, 11) is -7.03. The third-order valence-corrected chi connectivity index (χ3v) is 1.50. The van der Waals surface area contributed by atoms with E-state index in [0.29, 0.717) is 0 Å². The van der Waals surface area contributed by atoms with Crippen molar-refractivity contribution in [1.82, 2.24) is 0 Å². The molecule has 0 aromatic rings. The van der Waals surface area contributed by atoms with Crippen molar-refractivity contribution in [1.29, 1.82) is 0 Å². The normalized spacial score (nSPS) is 4.00. The molecule has 75 valence electrons. The molecular weight excluding hydrogens is 254 g/mol. The minimum absolute atomic E-state index is 0. The molecule has 7 N–H and O–H groups in total. The average Bonchev–Trinajstić information content (AvgIpc) is 1.27. The predicted octanol–water partition coefficient (Wildman–Crippen LogP) is -6.86. The van der Waals surface area contributed by atoms with E-state index in [1.54, 1.807) is 0 Å². The van der Waals surface area contributed by atoms with Crippen LogP contribution < -0.4 is 9.59 Å². The fourth-order valence-corrected chi connectivity index (χ4v) is 0.612. The van der Waals surface area contributed by atoms with Crippen molar-refractivity contribution in [2.45, 2.75) is 0 Å². The van der Waals surface area contributed by atoms with E-state index in [1.807, 2.05) is 0 Å². The Morgan fingerprint density at radius 1 is 0.923 bits per heavy atom. The first-order chi connectivity index (χ1) is 3.13. The summed E-state index contributed by atoms with van der Waals surface area (Å²) < 4.78 is 21.8. The van der Waals surface area contributed by atoms with Crippen LogP contribution in [0.2, 0.25) is 0 Å². The summed E-state index contributed by atoms with van der Waals surface area (Å²) in [6, 6.07) is 0. The molecule has 0 bridgehead atoms. The summed E-state index contributed by atoms with van der Waals surface area (Å²) in [5, 5.41) is 0. The second-order valence-electron chi connectivity index (χ2n) is 0.602. The quantitative estimate of drug-likeness (QED) is 0.439. The minimum atomic E-state index is -3.51. The molecule has 13 heavy (non-hydrogen) atoms. The van der Waals surface area contributed by atoms with E-state index in [4.69, 9.17) is 0 Å². The van der Waals surface area contributed by atoms with E-state index in [9.17, 15) is 18.5 Å². The first kappa shape index (κ1) is 50.5. The Hall–Kier alpha value is 0.339. The maximum Gasteiger partial charge on any atom is 3.00 e. The third kappa shape index (κ3) is 70.1. The van der Waals surface area contributed by atoms with Crippen molar-refractivity contribution < 1.29 is 44.5 Å². The largest absolute Gasteiger partial charge is 3.00 e. The van der Waals surface area contributed by atoms with Gasteiger partial charge in [0.2, 0.25) is 0 Å². The molecule has 0 saturated heterocycles. The van der Waals surface area contributed by atoms with Crippen molar-refractivity contribution in [3.8, 4) is 0 Å². The molecule has 9 nitrogen and oxygen atoms in total. The average molecular weight is 261 g/mol. The molecule has 0 atom stereocenters. The van der Waals surface area contributed by atoms with Crippen LogP contribution in [0.15, 0.2) is 0 Å². The maximum absolute atomic E-state index is 9.29. The SMILES string of the molecule is O.O.O.O=[Si]([O-])O[Si](=O)[O-].[Al+3].[Al].[OH-]. The van der Waals surface area contributed by atoms with Gasteiger partial charge in [0, 0.05) is 17.4 Å². The molecule has 0 spiro atoms. The van der Waals surface area contributed by atoms with Crippen LogP contribution in [0.25, 0.3) is 0 Å². The summed E-state index contributed by atoms with van der Waals surface area (Å²) in [6.45, 7) is 0. The van der Waals surface area contributed by atoms with Gasteiger partial charge in [0.05, 0.1) is 0 Å². The zero-order valence-corrected chi connectivity index (χ0v) is 10.5. The second kappa shape index (κ2) is 29.5. The van der Waals surface area contributed by atoms with Gasteiger partial charge in [-0.05, 0) is 0 Å². The van der Waals surface area contributed by atoms with Gasteiger partial charge in [0.25, 0.3) is 0 Å². The van der Waals surface area contributed by atoms with Gasteiger partial charge in [0.15, 0.2) is 0 Å². The van der Waals surface area contributed by atoms with Crippen LogP contribution in [0.4, 0.5) is 0 Å². The van der Waals surface area contributed by atoms with E-state index >= 15 is 0 Å². The third-order valence-electron chi connectivity index (χ3n) is 0.167. The van der Waals surface area contributed by atoms with Crippen molar-refractivity contribution in [2.75, 3.05) is 0 Å². The molecule has 0 saturated carbocycles. The summed E-state index contributed by atoms with van der Waals surface area (Å²) in [6.07, 6.45) is 0. The van der Waals surface area contributed by atoms with E-state index in [0.717, 1.165) is 0 Å². The van der Waals surface area contributed by atoms with Gasteiger partial charge in [-0.3, -0.25) is 0 Å². The molecule has 0 amide bonds. The molecule has 0 aromatic carbocycles. The molecule has 0 fully saturated rings. The fraction of sp³-hybridized carbons (Fsp3) is 0. The second-order valence-corrected chi connectivity index (χ2v) is 2.42. The first-order valence-corrected chi connectivity index (χ1v) is 3.67. The molecular formula is H7Al2O9Si2. The Labute approximate surface area is 97.6 Å². The Kier molecular flexibility index (Phi) is 115. The van der Waals surface area contributed by atoms with E-state index in [2.05, 4.69) is 4.12 Å². The molecule has 13 heteroatoms. The summed E-state index contributed by atoms with van der Waals surface area (Å²) in [5.41, 5.74) is 0. The molecule has 0 aliphatic heterocycles. The summed E-state index contributed by atoms with van der Waals surface area (Å²) in [4.78, 5) is 18.6. The molecule has 0 aromatic heterocycles. The number of hydrogen-bond acceptors (Lipinski definition) is 6. The van der Waals surface area contributed by atoms with Crippen molar-refractivity contribution in [3.05, 3.63) is 0 Å². The maximum atomic E-state index is 9.29. The molecule has 0 aliphatic carbocycles. The van der Waals surface area contributed by atoms with Crippen LogP contribution in [-0.2, 0) is 13.0 Å². The summed E-state index contributed by atoms with van der Waals surface area (Å²) >= 11 is 0. The van der Waals surface area contributed by atoms with Crippen LogP contribution in [0.3, 0.4) is 0 Å². The van der Waals surface area contributed by atoms with Crippen molar-refractivity contribution >= 4 is 53.1 Å². The van der Waals surface area contributed by atoms with Gasteiger partial charge in [-0.2, -0.15) is 0 Å². The van der Waals surface area contributed by atoms with E-state index < -0.39 is 18.3 Å². The zero-order chi connectivity index (χ0) is 5.86. The molecule has 0 unspecified atom stereocenters. The summed E-state index contributed by atoms with van der Waals surface area (Å²) in [5.74, 6) is 0. The fourth-order valence-electron chi connectivity index (χ4n) is 0.0680. The van der Waals surface area contributed by atoms with Crippen LogP contribution in [0.1, 0.15) is 0 Å². The number of hydrogen-bond donors (Lipinski definition) is 0. The topological polar surface area (TPSA) is 214 Å². The molecule has 0 aliphatic rings. The molecule has 0 rings (SSSR count). The Morgan fingerprint density at radius 3 is 1.08 bits per heavy atom. The van der Waals surface area contributed by atoms with E-state index in [-0.39, 0.29) is 56.6 Å². The van der Waals surface area contributed by atoms with E-state index in [1.165, 1.54) is 0 Å². The Balaban J connectivity index is -0.0000000120. The van der Waals surface area contributed by atoms with Gasteiger partial charge < -0.3 is 44.5 Å². The van der Waals surface area contributed by atoms with Gasteiger partial charge in [0.1, 0.15) is 0 Å². The van der Waals surface area contributed by atoms with Gasteiger partial charge in [-0.15, -0.1) is 0 Å². The predicted molar refractivity (Wildman–Crippen MR) is 38.3 cm³/mol. The standard InChI is InChI=1S/2Al.O5Si2.4H2O/c;;1-6(2)5-7(3)4;;;;/h;;;4*1H2/q;+3;-2;;;;/p-1. The van der Waals surface area contributed by atoms with Crippen molar-refractivity contribution in [2.24, 2.45) is 0 Å². The smallest absolute Gasteiger partial charge is 0.870 e. The zero-order valence-electron chi connectivity index (χ0n) is 6.14. The first-order valence-electron chi connectivity index (χ1n) is 1.22. The minimum Gasteiger partial charge on any atom is -0.870 e.